The van der Waals surface area contributed by atoms with Gasteiger partial charge >= 0.3 is 5.97 Å². The van der Waals surface area contributed by atoms with Crippen molar-refractivity contribution in [2.45, 2.75) is 33.0 Å². The van der Waals surface area contributed by atoms with Gasteiger partial charge in [0.25, 0.3) is 0 Å². The summed E-state index contributed by atoms with van der Waals surface area (Å²) in [5, 5.41) is 0. The fourth-order valence-corrected chi connectivity index (χ4v) is 0.990. The number of hydrogen-bond donors (Lipinski definition) is 0. The molecule has 0 aromatic heterocycles. The highest BCUT2D eigenvalue weighted by Gasteiger charge is 2.02. The molecule has 0 saturated carbocycles. The maximum atomic E-state index is 10.3. The molecule has 0 radical (unpaired) electrons. The van der Waals surface area contributed by atoms with Gasteiger partial charge in [0.2, 0.25) is 0 Å². The van der Waals surface area contributed by atoms with Crippen molar-refractivity contribution in [1.82, 2.24) is 0 Å². The van der Waals surface area contributed by atoms with Gasteiger partial charge in [0.05, 0.1) is 19.5 Å². The molecule has 17 heavy (non-hydrogen) atoms. The first-order valence-electron chi connectivity index (χ1n) is 5.39. The van der Waals surface area contributed by atoms with Crippen molar-refractivity contribution in [2.75, 3.05) is 27.4 Å². The van der Waals surface area contributed by atoms with Crippen LogP contribution in [0.15, 0.2) is 12.8 Å². The summed E-state index contributed by atoms with van der Waals surface area (Å²) in [6, 6.07) is 0. The molecule has 0 aliphatic rings. The Balaban J connectivity index is 0. The van der Waals surface area contributed by atoms with E-state index in [2.05, 4.69) is 6.58 Å². The van der Waals surface area contributed by atoms with Gasteiger partial charge in [-0.25, -0.2) is 0 Å². The summed E-state index contributed by atoms with van der Waals surface area (Å²) in [7, 11) is 3.21. The number of methoxy groups -OCH3 is 2. The number of esters is 1. The summed E-state index contributed by atoms with van der Waals surface area (Å²) in [6.45, 7) is 9.57. The molecule has 0 aliphatic heterocycles. The zero-order chi connectivity index (χ0) is 13.7. The summed E-state index contributed by atoms with van der Waals surface area (Å²) >= 11 is 0. The van der Waals surface area contributed by atoms with Crippen molar-refractivity contribution in [1.29, 1.82) is 0 Å². The number of hydrogen-bond acceptors (Lipinski definition) is 5. The zero-order valence-corrected chi connectivity index (χ0v) is 11.4. The molecule has 0 aliphatic carbocycles. The SMILES string of the molecule is C=COC(C)COC.COCC(C)OC(C)=O. The van der Waals surface area contributed by atoms with Crippen LogP contribution in [0.4, 0.5) is 0 Å². The van der Waals surface area contributed by atoms with Gasteiger partial charge in [0.15, 0.2) is 0 Å². The van der Waals surface area contributed by atoms with Crippen LogP contribution in [0, 0.1) is 0 Å². The lowest BCUT2D eigenvalue weighted by Gasteiger charge is -2.08. The Hall–Kier alpha value is -1.07. The highest BCUT2D eigenvalue weighted by atomic mass is 16.6. The van der Waals surface area contributed by atoms with E-state index < -0.39 is 0 Å². The van der Waals surface area contributed by atoms with E-state index in [-0.39, 0.29) is 18.2 Å². The van der Waals surface area contributed by atoms with E-state index in [1.807, 2.05) is 6.92 Å². The molecule has 5 heteroatoms. The molecule has 0 spiro atoms. The van der Waals surface area contributed by atoms with Gasteiger partial charge in [-0.1, -0.05) is 6.58 Å². The fraction of sp³-hybridized carbons (Fsp3) is 0.750. The Labute approximate surface area is 104 Å². The molecule has 0 amide bonds. The monoisotopic (exact) mass is 248 g/mol. The summed E-state index contributed by atoms with van der Waals surface area (Å²) in [5.41, 5.74) is 0. The molecule has 0 bridgehead atoms. The average molecular weight is 248 g/mol. The highest BCUT2D eigenvalue weighted by Crippen LogP contribution is 1.90. The molecule has 0 fully saturated rings. The predicted molar refractivity (Wildman–Crippen MR) is 65.7 cm³/mol. The van der Waals surface area contributed by atoms with Crippen LogP contribution in [0.2, 0.25) is 0 Å². The van der Waals surface area contributed by atoms with E-state index in [1.54, 1.807) is 21.1 Å². The Morgan fingerprint density at radius 2 is 1.65 bits per heavy atom. The lowest BCUT2D eigenvalue weighted by atomic mass is 10.4. The van der Waals surface area contributed by atoms with Crippen molar-refractivity contribution < 1.29 is 23.7 Å². The molecule has 2 atom stereocenters. The van der Waals surface area contributed by atoms with Crippen molar-refractivity contribution >= 4 is 5.97 Å². The van der Waals surface area contributed by atoms with Crippen molar-refractivity contribution in [2.24, 2.45) is 0 Å². The number of rotatable bonds is 7. The maximum absolute atomic E-state index is 10.3. The first kappa shape index (κ1) is 18.3. The van der Waals surface area contributed by atoms with Crippen molar-refractivity contribution in [3.63, 3.8) is 0 Å². The molecule has 102 valence electrons. The topological polar surface area (TPSA) is 54.0 Å². The van der Waals surface area contributed by atoms with E-state index in [0.717, 1.165) is 0 Å². The van der Waals surface area contributed by atoms with E-state index in [0.29, 0.717) is 13.2 Å². The van der Waals surface area contributed by atoms with Crippen molar-refractivity contribution in [3.8, 4) is 0 Å². The Kier molecular flexibility index (Phi) is 14.0. The Morgan fingerprint density at radius 3 is 2.00 bits per heavy atom. The Bertz CT molecular complexity index is 193. The van der Waals surface area contributed by atoms with Gasteiger partial charge in [-0.15, -0.1) is 0 Å². The average Bonchev–Trinajstić information content (AvgIpc) is 2.18. The number of ether oxygens (including phenoxy) is 4. The molecule has 0 aromatic carbocycles. The first-order valence-corrected chi connectivity index (χ1v) is 5.39. The quantitative estimate of drug-likeness (QED) is 0.507. The van der Waals surface area contributed by atoms with Crippen LogP contribution < -0.4 is 0 Å². The first-order chi connectivity index (χ1) is 7.97. The van der Waals surface area contributed by atoms with Crippen LogP contribution in [0.25, 0.3) is 0 Å². The largest absolute Gasteiger partial charge is 0.497 e. The van der Waals surface area contributed by atoms with Gasteiger partial charge in [-0.3, -0.25) is 4.79 Å². The standard InChI is InChI=1S/C6H12O3.C6H12O2/c1-5(4-8-3)9-6(2)7;1-4-8-6(2)5-7-3/h5H,4H2,1-3H3;4,6H,1,5H2,2-3H3. The van der Waals surface area contributed by atoms with Gasteiger partial charge in [-0.05, 0) is 13.8 Å². The van der Waals surface area contributed by atoms with Crippen LogP contribution in [0.3, 0.4) is 0 Å². The summed E-state index contributed by atoms with van der Waals surface area (Å²) in [4.78, 5) is 10.3. The fourth-order valence-electron chi connectivity index (χ4n) is 0.990. The summed E-state index contributed by atoms with van der Waals surface area (Å²) in [5.74, 6) is -0.264. The third kappa shape index (κ3) is 17.5. The molecule has 5 nitrogen and oxygen atoms in total. The minimum Gasteiger partial charge on any atom is -0.497 e. The maximum Gasteiger partial charge on any atom is 0.302 e. The van der Waals surface area contributed by atoms with E-state index in [9.17, 15) is 4.79 Å². The lowest BCUT2D eigenvalue weighted by Crippen LogP contribution is -2.17. The summed E-state index contributed by atoms with van der Waals surface area (Å²) < 4.78 is 19.2. The van der Waals surface area contributed by atoms with Gasteiger partial charge in [0, 0.05) is 21.1 Å². The molecule has 0 saturated heterocycles. The third-order valence-corrected chi connectivity index (χ3v) is 1.50. The zero-order valence-electron chi connectivity index (χ0n) is 11.4. The minimum atomic E-state index is -0.264. The summed E-state index contributed by atoms with van der Waals surface area (Å²) in [6.07, 6.45) is 1.41. The Morgan fingerprint density at radius 1 is 1.18 bits per heavy atom. The van der Waals surface area contributed by atoms with Crippen LogP contribution >= 0.6 is 0 Å². The second-order valence-electron chi connectivity index (χ2n) is 3.44. The van der Waals surface area contributed by atoms with E-state index in [1.165, 1.54) is 13.2 Å². The highest BCUT2D eigenvalue weighted by molar-refractivity contribution is 5.66. The van der Waals surface area contributed by atoms with Crippen LogP contribution in [-0.2, 0) is 23.7 Å². The normalized spacial score (nSPS) is 12.8. The molecule has 0 aromatic rings. The predicted octanol–water partition coefficient (Wildman–Crippen LogP) is 1.77. The smallest absolute Gasteiger partial charge is 0.302 e. The second kappa shape index (κ2) is 13.0. The molecule has 0 N–H and O–H groups in total. The number of carbonyl (C=O) groups is 1. The molecular weight excluding hydrogens is 224 g/mol. The van der Waals surface area contributed by atoms with E-state index in [4.69, 9.17) is 18.9 Å². The van der Waals surface area contributed by atoms with Crippen LogP contribution in [-0.4, -0.2) is 45.6 Å². The molecule has 2 unspecified atom stereocenters. The third-order valence-electron chi connectivity index (χ3n) is 1.50. The van der Waals surface area contributed by atoms with Crippen LogP contribution in [0.1, 0.15) is 20.8 Å². The number of carbonyl (C=O) groups excluding carboxylic acids is 1. The molecule has 0 rings (SSSR count). The molecular formula is C12H24O5. The van der Waals surface area contributed by atoms with E-state index >= 15 is 0 Å². The van der Waals surface area contributed by atoms with Gasteiger partial charge < -0.3 is 18.9 Å². The van der Waals surface area contributed by atoms with Gasteiger partial charge in [0.1, 0.15) is 12.2 Å². The molecule has 0 heterocycles. The second-order valence-corrected chi connectivity index (χ2v) is 3.44. The van der Waals surface area contributed by atoms with Gasteiger partial charge in [-0.2, -0.15) is 0 Å². The lowest BCUT2D eigenvalue weighted by molar-refractivity contribution is -0.147. The van der Waals surface area contributed by atoms with Crippen molar-refractivity contribution in [3.05, 3.63) is 12.8 Å². The van der Waals surface area contributed by atoms with Crippen LogP contribution in [0.5, 0.6) is 0 Å². The minimum absolute atomic E-state index is 0.123.